The molecule has 4 atom stereocenters. The molecule has 0 bridgehead atoms. The fraction of sp³-hybridized carbons (Fsp3) is 0.647. The number of nitrogens with zero attached hydrogens (tertiary/aromatic N) is 2. The van der Waals surface area contributed by atoms with Gasteiger partial charge in [-0.3, -0.25) is 9.69 Å². The fourth-order valence-corrected chi connectivity index (χ4v) is 4.34. The number of aromatic amines is 1. The first kappa shape index (κ1) is 14.7. The van der Waals surface area contributed by atoms with Crippen molar-refractivity contribution < 1.29 is 9.53 Å². The van der Waals surface area contributed by atoms with Crippen LogP contribution in [0.4, 0.5) is 0 Å². The highest BCUT2D eigenvalue weighted by atomic mass is 16.5. The summed E-state index contributed by atoms with van der Waals surface area (Å²) in [4.78, 5) is 17.9. The topological polar surface area (TPSA) is 81.1 Å². The third-order valence-corrected chi connectivity index (χ3v) is 5.52. The summed E-state index contributed by atoms with van der Waals surface area (Å²) in [5.41, 5.74) is 0.944. The minimum absolute atomic E-state index is 0.121. The Morgan fingerprint density at radius 2 is 2.22 bits per heavy atom. The molecular weight excluding hydrogens is 292 g/mol. The van der Waals surface area contributed by atoms with Gasteiger partial charge in [-0.1, -0.05) is 6.42 Å². The van der Waals surface area contributed by atoms with Crippen molar-refractivity contribution in [1.29, 1.82) is 5.26 Å². The van der Waals surface area contributed by atoms with Crippen LogP contribution in [-0.4, -0.2) is 53.7 Å². The van der Waals surface area contributed by atoms with E-state index in [-0.39, 0.29) is 18.1 Å². The zero-order chi connectivity index (χ0) is 15.8. The van der Waals surface area contributed by atoms with Crippen LogP contribution < -0.4 is 5.32 Å². The number of carbonyl (C=O) groups is 1. The number of nitriles is 1. The number of ether oxygens (including phenoxy) is 1. The Kier molecular flexibility index (Phi) is 3.83. The summed E-state index contributed by atoms with van der Waals surface area (Å²) in [5, 5.41) is 12.1. The van der Waals surface area contributed by atoms with Crippen LogP contribution in [0.5, 0.6) is 0 Å². The second-order valence-corrected chi connectivity index (χ2v) is 6.79. The molecule has 1 amide bonds. The predicted molar refractivity (Wildman–Crippen MR) is 83.8 cm³/mol. The van der Waals surface area contributed by atoms with Gasteiger partial charge in [-0.15, -0.1) is 0 Å². The molecule has 3 aliphatic rings. The molecule has 2 saturated heterocycles. The lowest BCUT2D eigenvalue weighted by Gasteiger charge is -2.53. The molecule has 122 valence electrons. The second kappa shape index (κ2) is 5.99. The van der Waals surface area contributed by atoms with Gasteiger partial charge in [-0.2, -0.15) is 5.26 Å². The summed E-state index contributed by atoms with van der Waals surface area (Å²) >= 11 is 0. The van der Waals surface area contributed by atoms with E-state index in [1.54, 1.807) is 12.3 Å². The highest BCUT2D eigenvalue weighted by Crippen LogP contribution is 2.42. The SMILES string of the molecule is N#Cc1c[nH]c(C(=O)N[C@H]2[C@H]3CCO[C@H]3[C@@H]2N2CCCCC2)c1. The fourth-order valence-electron chi connectivity index (χ4n) is 4.34. The van der Waals surface area contributed by atoms with Crippen LogP contribution in [0.15, 0.2) is 12.3 Å². The number of nitrogens with one attached hydrogen (secondary N) is 2. The Labute approximate surface area is 135 Å². The van der Waals surface area contributed by atoms with E-state index in [0.29, 0.717) is 23.2 Å². The normalized spacial score (nSPS) is 33.5. The van der Waals surface area contributed by atoms with Crippen molar-refractivity contribution in [3.8, 4) is 6.07 Å². The van der Waals surface area contributed by atoms with Gasteiger partial charge in [-0.25, -0.2) is 0 Å². The van der Waals surface area contributed by atoms with Crippen LogP contribution in [-0.2, 0) is 4.74 Å². The maximum atomic E-state index is 12.5. The molecule has 2 aliphatic heterocycles. The molecule has 0 radical (unpaired) electrons. The van der Waals surface area contributed by atoms with Gasteiger partial charge in [0.25, 0.3) is 5.91 Å². The first-order valence-electron chi connectivity index (χ1n) is 8.53. The van der Waals surface area contributed by atoms with Gasteiger partial charge in [0, 0.05) is 18.7 Å². The van der Waals surface area contributed by atoms with Crippen molar-refractivity contribution in [1.82, 2.24) is 15.2 Å². The van der Waals surface area contributed by atoms with E-state index in [2.05, 4.69) is 15.2 Å². The quantitative estimate of drug-likeness (QED) is 0.880. The smallest absolute Gasteiger partial charge is 0.268 e. The van der Waals surface area contributed by atoms with Crippen molar-refractivity contribution in [3.63, 3.8) is 0 Å². The number of hydrogen-bond acceptors (Lipinski definition) is 4. The van der Waals surface area contributed by atoms with Crippen LogP contribution >= 0.6 is 0 Å². The summed E-state index contributed by atoms with van der Waals surface area (Å²) in [6.45, 7) is 3.00. The van der Waals surface area contributed by atoms with Gasteiger partial charge < -0.3 is 15.0 Å². The van der Waals surface area contributed by atoms with Gasteiger partial charge in [-0.05, 0) is 38.4 Å². The minimum Gasteiger partial charge on any atom is -0.376 e. The van der Waals surface area contributed by atoms with E-state index in [4.69, 9.17) is 10.00 Å². The molecule has 4 rings (SSSR count). The van der Waals surface area contributed by atoms with Gasteiger partial charge in [0.15, 0.2) is 0 Å². The van der Waals surface area contributed by atoms with E-state index in [1.807, 2.05) is 6.07 Å². The Morgan fingerprint density at radius 3 is 2.96 bits per heavy atom. The number of aromatic nitrogens is 1. The van der Waals surface area contributed by atoms with Crippen molar-refractivity contribution in [2.75, 3.05) is 19.7 Å². The molecule has 1 aliphatic carbocycles. The van der Waals surface area contributed by atoms with E-state index in [9.17, 15) is 4.79 Å². The van der Waals surface area contributed by atoms with Crippen molar-refractivity contribution in [3.05, 3.63) is 23.5 Å². The molecule has 2 N–H and O–H groups in total. The van der Waals surface area contributed by atoms with Crippen LogP contribution in [0.1, 0.15) is 41.7 Å². The number of piperidine rings is 1. The summed E-state index contributed by atoms with van der Waals surface area (Å²) < 4.78 is 5.91. The Bertz CT molecular complexity index is 629. The number of likely N-dealkylation sites (tertiary alicyclic amines) is 1. The van der Waals surface area contributed by atoms with E-state index in [1.165, 1.54) is 19.3 Å². The van der Waals surface area contributed by atoms with Crippen molar-refractivity contribution in [2.45, 2.75) is 43.9 Å². The molecule has 0 unspecified atom stereocenters. The van der Waals surface area contributed by atoms with Gasteiger partial charge in [0.05, 0.1) is 23.8 Å². The number of carbonyl (C=O) groups excluding carboxylic acids is 1. The maximum absolute atomic E-state index is 12.5. The molecule has 1 aromatic heterocycles. The average Bonchev–Trinajstić information content (AvgIpc) is 3.21. The third-order valence-electron chi connectivity index (χ3n) is 5.52. The summed E-state index contributed by atoms with van der Waals surface area (Å²) in [7, 11) is 0. The molecule has 0 aromatic carbocycles. The largest absolute Gasteiger partial charge is 0.376 e. The standard InChI is InChI=1S/C17H22N4O2/c18-9-11-8-13(19-10-11)17(22)20-14-12-4-7-23-16(12)15(14)21-5-2-1-3-6-21/h8,10,12,14-16,19H,1-7H2,(H,20,22)/t12-,14+,15-,16-/m1/s1. The molecule has 3 fully saturated rings. The summed E-state index contributed by atoms with van der Waals surface area (Å²) in [5.74, 6) is 0.306. The number of amides is 1. The lowest BCUT2D eigenvalue weighted by molar-refractivity contribution is -0.0862. The van der Waals surface area contributed by atoms with Crippen LogP contribution in [0, 0.1) is 17.2 Å². The zero-order valence-corrected chi connectivity index (χ0v) is 13.1. The summed E-state index contributed by atoms with van der Waals surface area (Å²) in [6, 6.07) is 4.10. The van der Waals surface area contributed by atoms with Gasteiger partial charge >= 0.3 is 0 Å². The van der Waals surface area contributed by atoms with Crippen LogP contribution in [0.2, 0.25) is 0 Å². The third kappa shape index (κ3) is 2.54. The molecular formula is C17H22N4O2. The second-order valence-electron chi connectivity index (χ2n) is 6.79. The van der Waals surface area contributed by atoms with E-state index in [0.717, 1.165) is 26.1 Å². The Balaban J connectivity index is 1.47. The Morgan fingerprint density at radius 1 is 1.39 bits per heavy atom. The van der Waals surface area contributed by atoms with Gasteiger partial charge in [0.1, 0.15) is 11.8 Å². The van der Waals surface area contributed by atoms with Crippen molar-refractivity contribution >= 4 is 5.91 Å². The zero-order valence-electron chi connectivity index (χ0n) is 13.1. The summed E-state index contributed by atoms with van der Waals surface area (Å²) in [6.07, 6.45) is 6.63. The highest BCUT2D eigenvalue weighted by Gasteiger charge is 2.56. The number of fused-ring (bicyclic) bond motifs is 1. The molecule has 1 aromatic rings. The highest BCUT2D eigenvalue weighted by molar-refractivity contribution is 5.93. The number of rotatable bonds is 3. The molecule has 1 saturated carbocycles. The monoisotopic (exact) mass is 314 g/mol. The lowest BCUT2D eigenvalue weighted by Crippen LogP contribution is -2.71. The lowest BCUT2D eigenvalue weighted by atomic mass is 9.70. The predicted octanol–water partition coefficient (Wildman–Crippen LogP) is 1.26. The van der Waals surface area contributed by atoms with Crippen LogP contribution in [0.3, 0.4) is 0 Å². The molecule has 23 heavy (non-hydrogen) atoms. The first-order valence-corrected chi connectivity index (χ1v) is 8.53. The van der Waals surface area contributed by atoms with Crippen LogP contribution in [0.25, 0.3) is 0 Å². The van der Waals surface area contributed by atoms with Crippen molar-refractivity contribution in [2.24, 2.45) is 5.92 Å². The molecule has 0 spiro atoms. The Hall–Kier alpha value is -1.84. The number of hydrogen-bond donors (Lipinski definition) is 2. The molecule has 6 heteroatoms. The van der Waals surface area contributed by atoms with Gasteiger partial charge in [0.2, 0.25) is 0 Å². The van der Waals surface area contributed by atoms with E-state index < -0.39 is 0 Å². The average molecular weight is 314 g/mol. The first-order chi connectivity index (χ1) is 11.3. The molecule has 6 nitrogen and oxygen atoms in total. The maximum Gasteiger partial charge on any atom is 0.268 e. The molecule has 3 heterocycles. The van der Waals surface area contributed by atoms with E-state index >= 15 is 0 Å². The minimum atomic E-state index is -0.121. The number of H-pyrrole nitrogens is 1.